The van der Waals surface area contributed by atoms with E-state index in [0.717, 1.165) is 0 Å². The lowest BCUT2D eigenvalue weighted by Crippen LogP contribution is -2.43. The quantitative estimate of drug-likeness (QED) is 0.507. The lowest BCUT2D eigenvalue weighted by molar-refractivity contribution is -0.126. The minimum atomic E-state index is -3.73. The Labute approximate surface area is 163 Å². The number of aliphatic hydroxyl groups excluding tert-OH is 1. The summed E-state index contributed by atoms with van der Waals surface area (Å²) in [6.07, 6.45) is 2.36. The molecule has 2 rings (SSSR count). The highest BCUT2D eigenvalue weighted by Gasteiger charge is 2.32. The minimum Gasteiger partial charge on any atom is -0.473 e. The summed E-state index contributed by atoms with van der Waals surface area (Å²) in [4.78, 5) is 15.9. The number of nitrogens with two attached hydrogens (primary N) is 1. The fourth-order valence-corrected chi connectivity index (χ4v) is 4.15. The monoisotopic (exact) mass is 416 g/mol. The van der Waals surface area contributed by atoms with Crippen molar-refractivity contribution < 1.29 is 27.4 Å². The predicted octanol–water partition coefficient (Wildman–Crippen LogP) is -0.218. The summed E-state index contributed by atoms with van der Waals surface area (Å²) in [6.45, 7) is 0.432. The van der Waals surface area contributed by atoms with E-state index in [-0.39, 0.29) is 67.6 Å². The standard InChI is InChI=1S/C17H25FN4O5S/c18-9-13(10-19)12-27-16-2-1-15(11-21-16)28(25,26)22-6-3-14(4-7-22)17(24)20-5-8-23/h1-2,9,11,14,23H,3-8,10,12,19H2,(H,20,24). The number of sulfonamides is 1. The maximum absolute atomic E-state index is 12.7. The van der Waals surface area contributed by atoms with E-state index in [4.69, 9.17) is 15.6 Å². The Hall–Kier alpha value is -2.08. The zero-order valence-electron chi connectivity index (χ0n) is 15.4. The molecule has 0 saturated carbocycles. The van der Waals surface area contributed by atoms with Gasteiger partial charge in [0.25, 0.3) is 0 Å². The molecule has 1 saturated heterocycles. The van der Waals surface area contributed by atoms with Crippen LogP contribution < -0.4 is 15.8 Å². The van der Waals surface area contributed by atoms with Gasteiger partial charge in [0.1, 0.15) is 11.5 Å². The Bertz CT molecular complexity index is 777. The maximum atomic E-state index is 12.7. The van der Waals surface area contributed by atoms with Gasteiger partial charge < -0.3 is 20.9 Å². The number of aliphatic hydroxyl groups is 1. The number of hydrogen-bond donors (Lipinski definition) is 3. The van der Waals surface area contributed by atoms with E-state index < -0.39 is 10.0 Å². The van der Waals surface area contributed by atoms with E-state index >= 15 is 0 Å². The van der Waals surface area contributed by atoms with Crippen LogP contribution in [0.5, 0.6) is 5.88 Å². The zero-order chi connectivity index (χ0) is 20.6. The van der Waals surface area contributed by atoms with Gasteiger partial charge in [-0.05, 0) is 18.9 Å². The summed E-state index contributed by atoms with van der Waals surface area (Å²) in [5.74, 6) is -0.286. The third-order valence-electron chi connectivity index (χ3n) is 4.40. The molecule has 1 fully saturated rings. The largest absolute Gasteiger partial charge is 0.473 e. The molecular formula is C17H25FN4O5S. The second kappa shape index (κ2) is 10.5. The first kappa shape index (κ1) is 22.2. The van der Waals surface area contributed by atoms with Crippen molar-refractivity contribution in [1.82, 2.24) is 14.6 Å². The number of piperidine rings is 1. The lowest BCUT2D eigenvalue weighted by Gasteiger charge is -2.30. The number of nitrogens with one attached hydrogen (secondary N) is 1. The van der Waals surface area contributed by atoms with Gasteiger partial charge >= 0.3 is 0 Å². The number of amides is 1. The first-order valence-corrected chi connectivity index (χ1v) is 10.3. The first-order valence-electron chi connectivity index (χ1n) is 8.88. The van der Waals surface area contributed by atoms with Gasteiger partial charge in [0.2, 0.25) is 21.8 Å². The Morgan fingerprint density at radius 3 is 2.68 bits per heavy atom. The lowest BCUT2D eigenvalue weighted by atomic mass is 9.97. The molecule has 1 aromatic heterocycles. The van der Waals surface area contributed by atoms with Crippen LogP contribution in [0.2, 0.25) is 0 Å². The second-order valence-corrected chi connectivity index (χ2v) is 8.22. The molecule has 0 radical (unpaired) electrons. The molecule has 1 aromatic rings. The molecule has 156 valence electrons. The molecule has 0 bridgehead atoms. The summed E-state index contributed by atoms with van der Waals surface area (Å²) in [5.41, 5.74) is 5.59. The van der Waals surface area contributed by atoms with Gasteiger partial charge in [-0.25, -0.2) is 17.8 Å². The number of hydrogen-bond acceptors (Lipinski definition) is 7. The molecule has 2 heterocycles. The second-order valence-electron chi connectivity index (χ2n) is 6.29. The van der Waals surface area contributed by atoms with Crippen molar-refractivity contribution in [2.24, 2.45) is 11.7 Å². The number of ether oxygens (including phenoxy) is 1. The van der Waals surface area contributed by atoms with E-state index in [1.165, 1.54) is 22.6 Å². The number of rotatable bonds is 9. The highest BCUT2D eigenvalue weighted by Crippen LogP contribution is 2.24. The van der Waals surface area contributed by atoms with Crippen LogP contribution in [0.3, 0.4) is 0 Å². The summed E-state index contributed by atoms with van der Waals surface area (Å²) < 4.78 is 44.5. The van der Waals surface area contributed by atoms with Gasteiger partial charge in [0, 0.05) is 43.7 Å². The van der Waals surface area contributed by atoms with Crippen molar-refractivity contribution in [3.05, 3.63) is 30.2 Å². The van der Waals surface area contributed by atoms with Gasteiger partial charge in [-0.2, -0.15) is 4.31 Å². The molecule has 28 heavy (non-hydrogen) atoms. The van der Waals surface area contributed by atoms with Crippen LogP contribution in [0.25, 0.3) is 0 Å². The Morgan fingerprint density at radius 2 is 2.14 bits per heavy atom. The van der Waals surface area contributed by atoms with Gasteiger partial charge in [0.05, 0.1) is 19.1 Å². The Morgan fingerprint density at radius 1 is 1.43 bits per heavy atom. The highest BCUT2D eigenvalue weighted by atomic mass is 32.2. The van der Waals surface area contributed by atoms with E-state index in [9.17, 15) is 17.6 Å². The van der Waals surface area contributed by atoms with Crippen LogP contribution >= 0.6 is 0 Å². The third kappa shape index (κ3) is 5.71. The van der Waals surface area contributed by atoms with Gasteiger partial charge in [-0.3, -0.25) is 4.79 Å². The number of carbonyl (C=O) groups excluding carboxylic acids is 1. The van der Waals surface area contributed by atoms with E-state index in [2.05, 4.69) is 10.3 Å². The van der Waals surface area contributed by atoms with Gasteiger partial charge in [0.15, 0.2) is 0 Å². The van der Waals surface area contributed by atoms with E-state index in [1.54, 1.807) is 0 Å². The summed E-state index contributed by atoms with van der Waals surface area (Å²) in [5, 5.41) is 11.4. The zero-order valence-corrected chi connectivity index (χ0v) is 16.2. The van der Waals surface area contributed by atoms with Crippen molar-refractivity contribution in [2.75, 3.05) is 39.4 Å². The summed E-state index contributed by atoms with van der Waals surface area (Å²) >= 11 is 0. The molecule has 0 atom stereocenters. The van der Waals surface area contributed by atoms with E-state index in [1.807, 2.05) is 0 Å². The van der Waals surface area contributed by atoms with Gasteiger partial charge in [-0.15, -0.1) is 0 Å². The van der Waals surface area contributed by atoms with Crippen molar-refractivity contribution in [3.8, 4) is 5.88 Å². The summed E-state index contributed by atoms with van der Waals surface area (Å²) in [6, 6.07) is 2.77. The topological polar surface area (TPSA) is 135 Å². The molecule has 1 aliphatic heterocycles. The van der Waals surface area contributed by atoms with Gasteiger partial charge in [-0.1, -0.05) is 0 Å². The molecule has 1 aliphatic rings. The van der Waals surface area contributed by atoms with Crippen molar-refractivity contribution in [1.29, 1.82) is 0 Å². The fraction of sp³-hybridized carbons (Fsp3) is 0.529. The smallest absolute Gasteiger partial charge is 0.244 e. The van der Waals surface area contributed by atoms with Crippen LogP contribution in [-0.4, -0.2) is 68.1 Å². The first-order chi connectivity index (χ1) is 13.4. The van der Waals surface area contributed by atoms with Crippen LogP contribution in [0, 0.1) is 5.92 Å². The van der Waals surface area contributed by atoms with Crippen molar-refractivity contribution in [2.45, 2.75) is 17.7 Å². The van der Waals surface area contributed by atoms with E-state index in [0.29, 0.717) is 19.2 Å². The molecule has 4 N–H and O–H groups in total. The normalized spacial score (nSPS) is 16.8. The summed E-state index contributed by atoms with van der Waals surface area (Å²) in [7, 11) is -3.73. The van der Waals surface area contributed by atoms with Crippen molar-refractivity contribution >= 4 is 15.9 Å². The molecule has 9 nitrogen and oxygen atoms in total. The highest BCUT2D eigenvalue weighted by molar-refractivity contribution is 7.89. The fourth-order valence-electron chi connectivity index (χ4n) is 2.74. The number of halogens is 1. The minimum absolute atomic E-state index is 0.0109. The van der Waals surface area contributed by atoms with Crippen LogP contribution in [0.15, 0.2) is 35.1 Å². The third-order valence-corrected chi connectivity index (χ3v) is 6.29. The molecule has 11 heteroatoms. The number of carbonyl (C=O) groups is 1. The Balaban J connectivity index is 1.95. The number of pyridine rings is 1. The molecular weight excluding hydrogens is 391 g/mol. The van der Waals surface area contributed by atoms with Crippen LogP contribution in [0.1, 0.15) is 12.8 Å². The average Bonchev–Trinajstić information content (AvgIpc) is 2.73. The van der Waals surface area contributed by atoms with Crippen molar-refractivity contribution in [3.63, 3.8) is 0 Å². The molecule has 0 spiro atoms. The Kier molecular flexibility index (Phi) is 8.30. The SMILES string of the molecule is NCC(=CF)COc1ccc(S(=O)(=O)N2CCC(C(=O)NCCO)CC2)cn1. The maximum Gasteiger partial charge on any atom is 0.244 e. The van der Waals surface area contributed by atoms with Crippen LogP contribution in [0.4, 0.5) is 4.39 Å². The average molecular weight is 416 g/mol. The molecule has 0 unspecified atom stereocenters. The molecule has 0 aromatic carbocycles. The number of aromatic nitrogens is 1. The number of nitrogens with zero attached hydrogens (tertiary/aromatic N) is 2. The van der Waals surface area contributed by atoms with Crippen LogP contribution in [-0.2, 0) is 14.8 Å². The predicted molar refractivity (Wildman–Crippen MR) is 99.6 cm³/mol. The molecule has 0 aliphatic carbocycles. The molecule has 1 amide bonds.